The van der Waals surface area contributed by atoms with Gasteiger partial charge in [0.1, 0.15) is 0 Å². The molecule has 4 nitrogen and oxygen atoms in total. The summed E-state index contributed by atoms with van der Waals surface area (Å²) in [6.07, 6.45) is 5.48. The third-order valence-corrected chi connectivity index (χ3v) is 5.90. The number of rotatable bonds is 2. The molecule has 4 rings (SSSR count). The van der Waals surface area contributed by atoms with E-state index in [1.165, 1.54) is 30.4 Å². The van der Waals surface area contributed by atoms with Crippen LogP contribution < -0.4 is 16.4 Å². The minimum Gasteiger partial charge on any atom is -0.349 e. The molecule has 1 spiro atoms. The van der Waals surface area contributed by atoms with Crippen LogP contribution in [-0.4, -0.2) is 24.5 Å². The van der Waals surface area contributed by atoms with E-state index in [4.69, 9.17) is 5.73 Å². The first kappa shape index (κ1) is 13.3. The molecular weight excluding hydrogens is 262 g/mol. The summed E-state index contributed by atoms with van der Waals surface area (Å²) < 4.78 is 0. The molecule has 0 radical (unpaired) electrons. The zero-order valence-electron chi connectivity index (χ0n) is 12.3. The largest absolute Gasteiger partial charge is 0.349 e. The Bertz CT molecular complexity index is 579. The summed E-state index contributed by atoms with van der Waals surface area (Å²) in [7, 11) is 0. The van der Waals surface area contributed by atoms with Gasteiger partial charge in [0.05, 0.1) is 0 Å². The average molecular weight is 285 g/mol. The van der Waals surface area contributed by atoms with Gasteiger partial charge in [-0.05, 0) is 49.4 Å². The van der Waals surface area contributed by atoms with E-state index in [0.717, 1.165) is 31.5 Å². The standard InChI is InChI=1S/C17H23N3O/c18-14-9-15(17(14)6-2-7-17)20-16(21)13-4-1-3-11-10-19-8-5-12(11)13/h1,3-4,14-15,19H,2,5-10,18H2,(H,20,21). The quantitative estimate of drug-likeness (QED) is 0.768. The van der Waals surface area contributed by atoms with Crippen LogP contribution in [0.2, 0.25) is 0 Å². The van der Waals surface area contributed by atoms with E-state index in [1.54, 1.807) is 0 Å². The number of benzene rings is 1. The minimum atomic E-state index is 0.0944. The first-order valence-electron chi connectivity index (χ1n) is 8.09. The molecule has 1 heterocycles. The fourth-order valence-electron chi connectivity index (χ4n) is 4.31. The Labute approximate surface area is 125 Å². The van der Waals surface area contributed by atoms with Gasteiger partial charge >= 0.3 is 0 Å². The number of fused-ring (bicyclic) bond motifs is 1. The van der Waals surface area contributed by atoms with Gasteiger partial charge in [0.25, 0.3) is 5.91 Å². The maximum atomic E-state index is 12.7. The molecule has 2 atom stereocenters. The van der Waals surface area contributed by atoms with Crippen LogP contribution in [0.1, 0.15) is 47.2 Å². The lowest BCUT2D eigenvalue weighted by atomic mass is 9.50. The number of hydrogen-bond acceptors (Lipinski definition) is 3. The maximum absolute atomic E-state index is 12.7. The Kier molecular flexibility index (Phi) is 3.05. The molecule has 1 aromatic carbocycles. The third kappa shape index (κ3) is 1.93. The van der Waals surface area contributed by atoms with Gasteiger partial charge in [0, 0.05) is 29.6 Å². The number of hydrogen-bond donors (Lipinski definition) is 3. The van der Waals surface area contributed by atoms with Crippen LogP contribution in [0.3, 0.4) is 0 Å². The summed E-state index contributed by atoms with van der Waals surface area (Å²) in [5.74, 6) is 0.0944. The highest BCUT2D eigenvalue weighted by atomic mass is 16.1. The van der Waals surface area contributed by atoms with Gasteiger partial charge < -0.3 is 16.4 Å². The number of nitrogens with one attached hydrogen (secondary N) is 2. The monoisotopic (exact) mass is 285 g/mol. The molecule has 1 aliphatic heterocycles. The Morgan fingerprint density at radius 3 is 2.95 bits per heavy atom. The van der Waals surface area contributed by atoms with Crippen LogP contribution in [0.5, 0.6) is 0 Å². The van der Waals surface area contributed by atoms with Crippen molar-refractivity contribution < 1.29 is 4.79 Å². The van der Waals surface area contributed by atoms with Crippen molar-refractivity contribution in [3.63, 3.8) is 0 Å². The van der Waals surface area contributed by atoms with E-state index in [0.29, 0.717) is 0 Å². The van der Waals surface area contributed by atoms with Crippen molar-refractivity contribution in [1.82, 2.24) is 10.6 Å². The Balaban J connectivity index is 1.53. The number of carbonyl (C=O) groups is 1. The van der Waals surface area contributed by atoms with Crippen molar-refractivity contribution in [2.24, 2.45) is 11.1 Å². The van der Waals surface area contributed by atoms with E-state index in [9.17, 15) is 4.79 Å². The van der Waals surface area contributed by atoms with Gasteiger partial charge in [-0.15, -0.1) is 0 Å². The lowest BCUT2D eigenvalue weighted by molar-refractivity contribution is -0.0389. The van der Waals surface area contributed by atoms with Gasteiger partial charge in [-0.2, -0.15) is 0 Å². The van der Waals surface area contributed by atoms with Gasteiger partial charge in [0.2, 0.25) is 0 Å². The number of carbonyl (C=O) groups excluding carboxylic acids is 1. The van der Waals surface area contributed by atoms with Crippen molar-refractivity contribution in [1.29, 1.82) is 0 Å². The summed E-state index contributed by atoms with van der Waals surface area (Å²) >= 11 is 0. The van der Waals surface area contributed by atoms with E-state index in [1.807, 2.05) is 12.1 Å². The molecule has 4 heteroatoms. The third-order valence-electron chi connectivity index (χ3n) is 5.90. The van der Waals surface area contributed by atoms with E-state index < -0.39 is 0 Å². The summed E-state index contributed by atoms with van der Waals surface area (Å²) in [6.45, 7) is 1.82. The fraction of sp³-hybridized carbons (Fsp3) is 0.588. The van der Waals surface area contributed by atoms with Crippen molar-refractivity contribution in [3.8, 4) is 0 Å². The van der Waals surface area contributed by atoms with Crippen LogP contribution in [0, 0.1) is 5.41 Å². The van der Waals surface area contributed by atoms with Crippen molar-refractivity contribution in [2.75, 3.05) is 6.54 Å². The molecular formula is C17H23N3O. The second-order valence-electron chi connectivity index (χ2n) is 6.82. The van der Waals surface area contributed by atoms with Gasteiger partial charge in [0.15, 0.2) is 0 Å². The van der Waals surface area contributed by atoms with Crippen molar-refractivity contribution in [3.05, 3.63) is 34.9 Å². The average Bonchev–Trinajstić information content (AvgIpc) is 2.44. The van der Waals surface area contributed by atoms with Crippen molar-refractivity contribution in [2.45, 2.75) is 50.7 Å². The molecule has 2 saturated carbocycles. The first-order chi connectivity index (χ1) is 10.2. The smallest absolute Gasteiger partial charge is 0.251 e. The highest BCUT2D eigenvalue weighted by Gasteiger charge is 2.57. The predicted octanol–water partition coefficient (Wildman–Crippen LogP) is 1.33. The molecule has 1 amide bonds. The van der Waals surface area contributed by atoms with Crippen LogP contribution in [0.25, 0.3) is 0 Å². The predicted molar refractivity (Wildman–Crippen MR) is 82.0 cm³/mol. The van der Waals surface area contributed by atoms with Gasteiger partial charge in [-0.1, -0.05) is 18.6 Å². The molecule has 21 heavy (non-hydrogen) atoms. The zero-order valence-corrected chi connectivity index (χ0v) is 12.3. The maximum Gasteiger partial charge on any atom is 0.251 e. The highest BCUT2D eigenvalue weighted by Crippen LogP contribution is 2.55. The van der Waals surface area contributed by atoms with Gasteiger partial charge in [-0.25, -0.2) is 0 Å². The summed E-state index contributed by atoms with van der Waals surface area (Å²) in [4.78, 5) is 12.7. The Hall–Kier alpha value is -1.39. The molecule has 2 aliphatic carbocycles. The van der Waals surface area contributed by atoms with Gasteiger partial charge in [-0.3, -0.25) is 4.79 Å². The molecule has 112 valence electrons. The lowest BCUT2D eigenvalue weighted by Crippen LogP contribution is -2.69. The fourth-order valence-corrected chi connectivity index (χ4v) is 4.31. The van der Waals surface area contributed by atoms with E-state index >= 15 is 0 Å². The Morgan fingerprint density at radius 1 is 1.38 bits per heavy atom. The summed E-state index contributed by atoms with van der Waals surface area (Å²) in [5.41, 5.74) is 9.74. The lowest BCUT2D eigenvalue weighted by Gasteiger charge is -2.60. The molecule has 2 unspecified atom stereocenters. The molecule has 0 bridgehead atoms. The topological polar surface area (TPSA) is 67.1 Å². The van der Waals surface area contributed by atoms with Crippen LogP contribution >= 0.6 is 0 Å². The molecule has 2 fully saturated rings. The van der Waals surface area contributed by atoms with E-state index in [2.05, 4.69) is 16.7 Å². The van der Waals surface area contributed by atoms with Crippen molar-refractivity contribution >= 4 is 5.91 Å². The molecule has 0 aromatic heterocycles. The van der Waals surface area contributed by atoms with E-state index in [-0.39, 0.29) is 23.4 Å². The molecule has 3 aliphatic rings. The molecule has 1 aromatic rings. The summed E-state index contributed by atoms with van der Waals surface area (Å²) in [6, 6.07) is 6.64. The van der Waals surface area contributed by atoms with Crippen LogP contribution in [-0.2, 0) is 13.0 Å². The second kappa shape index (κ2) is 4.82. The number of amides is 1. The summed E-state index contributed by atoms with van der Waals surface area (Å²) in [5, 5.41) is 6.63. The zero-order chi connectivity index (χ0) is 14.4. The molecule has 4 N–H and O–H groups in total. The highest BCUT2D eigenvalue weighted by molar-refractivity contribution is 5.96. The Morgan fingerprint density at radius 2 is 2.24 bits per heavy atom. The second-order valence-corrected chi connectivity index (χ2v) is 6.82. The SMILES string of the molecule is NC1CC(NC(=O)c2cccc3c2CCNC3)C12CCC2. The van der Waals surface area contributed by atoms with Crippen LogP contribution in [0.4, 0.5) is 0 Å². The normalized spacial score (nSPS) is 29.2. The number of nitrogens with two attached hydrogens (primary N) is 1. The first-order valence-corrected chi connectivity index (χ1v) is 8.09. The minimum absolute atomic E-state index is 0.0944. The molecule has 0 saturated heterocycles. The van der Waals surface area contributed by atoms with Crippen LogP contribution in [0.15, 0.2) is 18.2 Å².